The highest BCUT2D eigenvalue weighted by Crippen LogP contribution is 2.28. The van der Waals surface area contributed by atoms with Crippen molar-refractivity contribution >= 4 is 16.1 Å². The van der Waals surface area contributed by atoms with Crippen LogP contribution in [0, 0.1) is 0 Å². The van der Waals surface area contributed by atoms with E-state index in [9.17, 15) is 0 Å². The normalized spacial score (nSPS) is 23.1. The molecule has 100 valence electrons. The third-order valence-electron chi connectivity index (χ3n) is 4.41. The van der Waals surface area contributed by atoms with E-state index in [1.165, 1.54) is 37.0 Å². The molecule has 0 atom stereocenters. The van der Waals surface area contributed by atoms with Crippen LogP contribution in [0.1, 0.15) is 24.0 Å². The second-order valence-electron chi connectivity index (χ2n) is 7.66. The number of hydrogen-bond donors (Lipinski definition) is 0. The van der Waals surface area contributed by atoms with Gasteiger partial charge >= 0.3 is 0 Å². The van der Waals surface area contributed by atoms with E-state index in [0.717, 1.165) is 0 Å². The second kappa shape index (κ2) is 5.34. The Morgan fingerprint density at radius 1 is 0.722 bits per heavy atom. The van der Waals surface area contributed by atoms with E-state index in [1.54, 1.807) is 11.1 Å². The monoisotopic (exact) mass is 276 g/mol. The Morgan fingerprint density at radius 2 is 1.11 bits per heavy atom. The van der Waals surface area contributed by atoms with E-state index < -0.39 is 16.1 Å². The van der Waals surface area contributed by atoms with Gasteiger partial charge in [-0.15, -0.1) is 0 Å². The molecular formula is C16H28Si2. The molecule has 1 aromatic carbocycles. The Bertz CT molecular complexity index is 368. The van der Waals surface area contributed by atoms with E-state index in [1.807, 2.05) is 0 Å². The van der Waals surface area contributed by atoms with E-state index >= 15 is 0 Å². The standard InChI is InChI=1S/C16H28Si2/c1-17(2)11-7-8-12-18(3,4)14-16-10-6-5-9-15(16)13-17/h5-6,9-10H,7-8,11-14H2,1-4H3. The zero-order chi connectivity index (χ0) is 13.2. The average Bonchev–Trinajstić information content (AvgIpc) is 2.26. The van der Waals surface area contributed by atoms with Crippen LogP contribution >= 0.6 is 0 Å². The fourth-order valence-electron chi connectivity index (χ4n) is 3.32. The van der Waals surface area contributed by atoms with Gasteiger partial charge in [0.2, 0.25) is 0 Å². The van der Waals surface area contributed by atoms with Crippen molar-refractivity contribution in [1.29, 1.82) is 0 Å². The minimum Gasteiger partial charge on any atom is -0.0691 e. The van der Waals surface area contributed by atoms with Crippen molar-refractivity contribution in [1.82, 2.24) is 0 Å². The predicted molar refractivity (Wildman–Crippen MR) is 87.7 cm³/mol. The van der Waals surface area contributed by atoms with Crippen LogP contribution in [0.5, 0.6) is 0 Å². The summed E-state index contributed by atoms with van der Waals surface area (Å²) in [6, 6.07) is 15.1. The molecule has 18 heavy (non-hydrogen) atoms. The SMILES string of the molecule is C[Si]1(C)CCCC[Si](C)(C)Cc2ccccc2C1. The number of fused-ring (bicyclic) bond motifs is 1. The quantitative estimate of drug-likeness (QED) is 0.581. The molecule has 1 aliphatic rings. The summed E-state index contributed by atoms with van der Waals surface area (Å²) in [6.45, 7) is 10.3. The third kappa shape index (κ3) is 3.82. The zero-order valence-electron chi connectivity index (χ0n) is 12.6. The first-order valence-corrected chi connectivity index (χ1v) is 14.3. The van der Waals surface area contributed by atoms with Gasteiger partial charge in [-0.05, 0) is 23.2 Å². The topological polar surface area (TPSA) is 0 Å². The molecular weight excluding hydrogens is 248 g/mol. The van der Waals surface area contributed by atoms with Gasteiger partial charge in [0, 0.05) is 0 Å². The Labute approximate surface area is 115 Å². The number of rotatable bonds is 0. The zero-order valence-corrected chi connectivity index (χ0v) is 14.6. The minimum atomic E-state index is -1.01. The minimum absolute atomic E-state index is 1.01. The molecule has 0 saturated heterocycles. The maximum atomic E-state index is 2.58. The highest BCUT2D eigenvalue weighted by Gasteiger charge is 2.27. The first-order valence-electron chi connectivity index (χ1n) is 7.45. The molecule has 0 fully saturated rings. The molecule has 0 radical (unpaired) electrons. The molecule has 0 aromatic heterocycles. The molecule has 0 bridgehead atoms. The van der Waals surface area contributed by atoms with Crippen LogP contribution in [0.3, 0.4) is 0 Å². The van der Waals surface area contributed by atoms with Crippen LogP contribution in [0.4, 0.5) is 0 Å². The molecule has 0 aliphatic carbocycles. The Balaban J connectivity index is 2.32. The molecule has 0 amide bonds. The Morgan fingerprint density at radius 3 is 1.50 bits per heavy atom. The van der Waals surface area contributed by atoms with Crippen LogP contribution in [-0.4, -0.2) is 16.1 Å². The van der Waals surface area contributed by atoms with Crippen LogP contribution in [0.2, 0.25) is 38.3 Å². The summed E-state index contributed by atoms with van der Waals surface area (Å²) < 4.78 is 0. The lowest BCUT2D eigenvalue weighted by molar-refractivity contribution is 0.839. The van der Waals surface area contributed by atoms with Gasteiger partial charge in [-0.3, -0.25) is 0 Å². The van der Waals surface area contributed by atoms with E-state index in [0.29, 0.717) is 0 Å². The number of hydrogen-bond acceptors (Lipinski definition) is 0. The summed E-state index contributed by atoms with van der Waals surface area (Å²) in [6.07, 6.45) is 2.97. The largest absolute Gasteiger partial charge is 0.0691 e. The van der Waals surface area contributed by atoms with Crippen molar-refractivity contribution in [2.45, 2.75) is 63.2 Å². The summed E-state index contributed by atoms with van der Waals surface area (Å²) in [4.78, 5) is 0. The van der Waals surface area contributed by atoms with Crippen molar-refractivity contribution in [3.63, 3.8) is 0 Å². The van der Waals surface area contributed by atoms with Gasteiger partial charge in [0.25, 0.3) is 0 Å². The summed E-state index contributed by atoms with van der Waals surface area (Å²) in [5.41, 5.74) is 3.35. The molecule has 1 aromatic rings. The lowest BCUT2D eigenvalue weighted by atomic mass is 10.1. The molecule has 0 spiro atoms. The van der Waals surface area contributed by atoms with Gasteiger partial charge in [-0.2, -0.15) is 0 Å². The van der Waals surface area contributed by atoms with Crippen molar-refractivity contribution in [2.24, 2.45) is 0 Å². The molecule has 2 heteroatoms. The van der Waals surface area contributed by atoms with Crippen LogP contribution in [-0.2, 0) is 12.1 Å². The summed E-state index contributed by atoms with van der Waals surface area (Å²) in [7, 11) is -2.02. The first kappa shape index (κ1) is 14.1. The van der Waals surface area contributed by atoms with E-state index in [-0.39, 0.29) is 0 Å². The van der Waals surface area contributed by atoms with Gasteiger partial charge in [-0.25, -0.2) is 0 Å². The Hall–Kier alpha value is -0.346. The van der Waals surface area contributed by atoms with Crippen molar-refractivity contribution in [3.8, 4) is 0 Å². The highest BCUT2D eigenvalue weighted by molar-refractivity contribution is 6.78. The van der Waals surface area contributed by atoms with Crippen molar-refractivity contribution in [3.05, 3.63) is 35.4 Å². The first-order chi connectivity index (χ1) is 8.38. The van der Waals surface area contributed by atoms with Crippen molar-refractivity contribution in [2.75, 3.05) is 0 Å². The molecule has 0 N–H and O–H groups in total. The molecule has 1 heterocycles. The van der Waals surface area contributed by atoms with Crippen LogP contribution in [0.25, 0.3) is 0 Å². The van der Waals surface area contributed by atoms with Gasteiger partial charge in [0.1, 0.15) is 0 Å². The van der Waals surface area contributed by atoms with Crippen LogP contribution in [0.15, 0.2) is 24.3 Å². The fourth-order valence-corrected chi connectivity index (χ4v) is 8.84. The smallest absolute Gasteiger partial charge is 0.0517 e. The summed E-state index contributed by atoms with van der Waals surface area (Å²) in [5, 5.41) is 0. The molecule has 2 rings (SSSR count). The lowest BCUT2D eigenvalue weighted by Gasteiger charge is -2.30. The average molecular weight is 277 g/mol. The van der Waals surface area contributed by atoms with Gasteiger partial charge in [-0.1, -0.05) is 75.4 Å². The summed E-state index contributed by atoms with van der Waals surface area (Å²) >= 11 is 0. The van der Waals surface area contributed by atoms with Crippen LogP contribution < -0.4 is 0 Å². The second-order valence-corrected chi connectivity index (χ2v) is 18.0. The third-order valence-corrected chi connectivity index (χ3v) is 10.5. The van der Waals surface area contributed by atoms with Gasteiger partial charge < -0.3 is 0 Å². The fraction of sp³-hybridized carbons (Fsp3) is 0.625. The molecule has 0 nitrogen and oxygen atoms in total. The predicted octanol–water partition coefficient (Wildman–Crippen LogP) is 5.06. The van der Waals surface area contributed by atoms with Crippen molar-refractivity contribution < 1.29 is 0 Å². The number of benzene rings is 1. The van der Waals surface area contributed by atoms with E-state index in [4.69, 9.17) is 0 Å². The molecule has 0 saturated carbocycles. The molecule has 1 aliphatic heterocycles. The maximum absolute atomic E-state index is 2.58. The lowest BCUT2D eigenvalue weighted by Crippen LogP contribution is -2.34. The van der Waals surface area contributed by atoms with E-state index in [2.05, 4.69) is 50.5 Å². The van der Waals surface area contributed by atoms with Gasteiger partial charge in [0.05, 0.1) is 16.1 Å². The highest BCUT2D eigenvalue weighted by atomic mass is 28.3. The molecule has 0 unspecified atom stereocenters. The maximum Gasteiger partial charge on any atom is 0.0517 e. The summed E-state index contributed by atoms with van der Waals surface area (Å²) in [5.74, 6) is 0. The van der Waals surface area contributed by atoms with Gasteiger partial charge in [0.15, 0.2) is 0 Å². The Kier molecular flexibility index (Phi) is 4.17.